The first-order valence-electron chi connectivity index (χ1n) is 10.9. The van der Waals surface area contributed by atoms with E-state index in [0.29, 0.717) is 47.1 Å². The molecule has 0 aliphatic rings. The Kier molecular flexibility index (Phi) is 7.05. The fourth-order valence-corrected chi connectivity index (χ4v) is 4.71. The molecule has 34 heavy (non-hydrogen) atoms. The van der Waals surface area contributed by atoms with Crippen molar-refractivity contribution in [2.24, 2.45) is 0 Å². The molecule has 6 nitrogen and oxygen atoms in total. The largest absolute Gasteiger partial charge is 0.478 e. The van der Waals surface area contributed by atoms with Gasteiger partial charge in [0.2, 0.25) is 0 Å². The number of carboxylic acid groups (broad SMARTS) is 1. The Hall–Kier alpha value is -3.16. The average Bonchev–Trinajstić information content (AvgIpc) is 3.08. The summed E-state index contributed by atoms with van der Waals surface area (Å²) in [6.45, 7) is 4.93. The van der Waals surface area contributed by atoms with Gasteiger partial charge in [-0.25, -0.2) is 19.2 Å². The number of carbonyl (C=O) groups is 1. The lowest BCUT2D eigenvalue weighted by Crippen LogP contribution is -2.13. The van der Waals surface area contributed by atoms with Gasteiger partial charge in [0.25, 0.3) is 0 Å². The molecule has 0 spiro atoms. The number of aromatic carboxylic acids is 1. The summed E-state index contributed by atoms with van der Waals surface area (Å²) in [5, 5.41) is 14.1. The van der Waals surface area contributed by atoms with Crippen molar-refractivity contribution in [2.45, 2.75) is 33.2 Å². The standard InChI is InChI=1S/C25H23Cl2FN4O2/c1-3-4-15-8-16(10-19(27)23(15)25(33)34)21-12-22(31-13-30-21)29-5-6-32-14(2)7-17-9-18(26)11-20(28)24(17)32/h7-13H,3-6H2,1-2H3,(H,33,34)(H,29,30,31). The van der Waals surface area contributed by atoms with Crippen LogP contribution in [0.15, 0.2) is 42.7 Å². The van der Waals surface area contributed by atoms with Crippen molar-refractivity contribution >= 4 is 45.9 Å². The molecule has 2 N–H and O–H groups in total. The molecule has 0 saturated heterocycles. The first-order chi connectivity index (χ1) is 16.3. The zero-order valence-electron chi connectivity index (χ0n) is 18.7. The van der Waals surface area contributed by atoms with E-state index < -0.39 is 5.97 Å². The van der Waals surface area contributed by atoms with E-state index in [0.717, 1.165) is 23.1 Å². The summed E-state index contributed by atoms with van der Waals surface area (Å²) >= 11 is 12.3. The predicted molar refractivity (Wildman–Crippen MR) is 134 cm³/mol. The maximum atomic E-state index is 14.5. The number of benzene rings is 2. The van der Waals surface area contributed by atoms with Crippen molar-refractivity contribution in [1.82, 2.24) is 14.5 Å². The molecule has 176 valence electrons. The number of aryl methyl sites for hydroxylation is 2. The summed E-state index contributed by atoms with van der Waals surface area (Å²) in [7, 11) is 0. The van der Waals surface area contributed by atoms with Gasteiger partial charge in [-0.05, 0) is 49.2 Å². The van der Waals surface area contributed by atoms with Gasteiger partial charge in [-0.1, -0.05) is 36.5 Å². The molecule has 9 heteroatoms. The van der Waals surface area contributed by atoms with E-state index in [2.05, 4.69) is 15.3 Å². The summed E-state index contributed by atoms with van der Waals surface area (Å²) in [6.07, 6.45) is 2.82. The zero-order chi connectivity index (χ0) is 24.4. The molecule has 0 bridgehead atoms. The van der Waals surface area contributed by atoms with Crippen LogP contribution < -0.4 is 5.32 Å². The maximum Gasteiger partial charge on any atom is 0.337 e. The molecule has 4 rings (SSSR count). The molecule has 2 heterocycles. The van der Waals surface area contributed by atoms with E-state index in [-0.39, 0.29) is 16.4 Å². The van der Waals surface area contributed by atoms with Crippen molar-refractivity contribution in [2.75, 3.05) is 11.9 Å². The number of hydrogen-bond donors (Lipinski definition) is 2. The van der Waals surface area contributed by atoms with Gasteiger partial charge in [-0.15, -0.1) is 0 Å². The van der Waals surface area contributed by atoms with Crippen LogP contribution in [0, 0.1) is 12.7 Å². The molecule has 0 saturated carbocycles. The number of rotatable bonds is 8. The Labute approximate surface area is 206 Å². The van der Waals surface area contributed by atoms with E-state index in [4.69, 9.17) is 23.2 Å². The second-order valence-corrected chi connectivity index (χ2v) is 8.87. The SMILES string of the molecule is CCCc1cc(-c2cc(NCCn3c(C)cc4cc(Cl)cc(F)c43)ncn2)cc(Cl)c1C(=O)O. The zero-order valence-corrected chi connectivity index (χ0v) is 20.2. The quantitative estimate of drug-likeness (QED) is 0.284. The molecule has 0 fully saturated rings. The highest BCUT2D eigenvalue weighted by Gasteiger charge is 2.17. The fraction of sp³-hybridized carbons (Fsp3) is 0.240. The second kappa shape index (κ2) is 9.99. The highest BCUT2D eigenvalue weighted by molar-refractivity contribution is 6.34. The van der Waals surface area contributed by atoms with Crippen molar-refractivity contribution in [3.8, 4) is 11.3 Å². The van der Waals surface area contributed by atoms with Crippen molar-refractivity contribution in [3.05, 3.63) is 75.4 Å². The summed E-state index contributed by atoms with van der Waals surface area (Å²) in [5.41, 5.74) is 3.58. The molecular formula is C25H23Cl2FN4O2. The summed E-state index contributed by atoms with van der Waals surface area (Å²) in [4.78, 5) is 20.2. The average molecular weight is 501 g/mol. The molecule has 0 aliphatic heterocycles. The molecule has 0 amide bonds. The smallest absolute Gasteiger partial charge is 0.337 e. The van der Waals surface area contributed by atoms with Crippen LogP contribution in [0.1, 0.15) is 35.0 Å². The highest BCUT2D eigenvalue weighted by atomic mass is 35.5. The molecule has 0 radical (unpaired) electrons. The van der Waals surface area contributed by atoms with Gasteiger partial charge in [0.15, 0.2) is 0 Å². The number of nitrogens with zero attached hydrogens (tertiary/aromatic N) is 3. The van der Waals surface area contributed by atoms with Crippen LogP contribution in [0.4, 0.5) is 10.2 Å². The maximum absolute atomic E-state index is 14.5. The third kappa shape index (κ3) is 4.86. The number of hydrogen-bond acceptors (Lipinski definition) is 4. The Morgan fingerprint density at radius 1 is 1.15 bits per heavy atom. The lowest BCUT2D eigenvalue weighted by Gasteiger charge is -2.13. The van der Waals surface area contributed by atoms with Crippen LogP contribution in [0.25, 0.3) is 22.2 Å². The lowest BCUT2D eigenvalue weighted by molar-refractivity contribution is 0.0696. The van der Waals surface area contributed by atoms with Gasteiger partial charge >= 0.3 is 5.97 Å². The third-order valence-corrected chi connectivity index (χ3v) is 6.14. The van der Waals surface area contributed by atoms with Gasteiger partial charge in [0, 0.05) is 40.8 Å². The van der Waals surface area contributed by atoms with Crippen LogP contribution in [0.3, 0.4) is 0 Å². The van der Waals surface area contributed by atoms with Gasteiger partial charge in [-0.3, -0.25) is 0 Å². The van der Waals surface area contributed by atoms with Crippen molar-refractivity contribution < 1.29 is 14.3 Å². The van der Waals surface area contributed by atoms with Crippen LogP contribution in [0.2, 0.25) is 10.0 Å². The highest BCUT2D eigenvalue weighted by Crippen LogP contribution is 2.30. The van der Waals surface area contributed by atoms with Crippen LogP contribution in [-0.2, 0) is 13.0 Å². The molecule has 0 aliphatic carbocycles. The Bertz CT molecular complexity index is 1390. The topological polar surface area (TPSA) is 80.0 Å². The Morgan fingerprint density at radius 3 is 2.68 bits per heavy atom. The summed E-state index contributed by atoms with van der Waals surface area (Å²) in [6, 6.07) is 10.2. The number of nitrogens with one attached hydrogen (secondary N) is 1. The molecule has 0 unspecified atom stereocenters. The van der Waals surface area contributed by atoms with Crippen molar-refractivity contribution in [1.29, 1.82) is 0 Å². The van der Waals surface area contributed by atoms with Crippen LogP contribution in [0.5, 0.6) is 0 Å². The minimum absolute atomic E-state index is 0.127. The van der Waals surface area contributed by atoms with E-state index >= 15 is 0 Å². The minimum atomic E-state index is -1.04. The predicted octanol–water partition coefficient (Wildman–Crippen LogP) is 6.62. The van der Waals surface area contributed by atoms with E-state index in [1.54, 1.807) is 18.2 Å². The Balaban J connectivity index is 1.55. The molecular weight excluding hydrogens is 478 g/mol. The minimum Gasteiger partial charge on any atom is -0.478 e. The first-order valence-corrected chi connectivity index (χ1v) is 11.6. The van der Waals surface area contributed by atoms with Crippen LogP contribution in [-0.4, -0.2) is 32.2 Å². The molecule has 2 aromatic carbocycles. The number of fused-ring (bicyclic) bond motifs is 1. The van der Waals surface area contributed by atoms with Gasteiger partial charge in [-0.2, -0.15) is 0 Å². The van der Waals surface area contributed by atoms with Gasteiger partial charge in [0.1, 0.15) is 18.0 Å². The third-order valence-electron chi connectivity index (χ3n) is 5.63. The van der Waals surface area contributed by atoms with E-state index in [9.17, 15) is 14.3 Å². The molecule has 0 atom stereocenters. The Morgan fingerprint density at radius 2 is 1.94 bits per heavy atom. The number of halogens is 3. The number of anilines is 1. The molecule has 4 aromatic rings. The normalized spacial score (nSPS) is 11.2. The monoisotopic (exact) mass is 500 g/mol. The molecule has 2 aromatic heterocycles. The van der Waals surface area contributed by atoms with E-state index in [1.165, 1.54) is 12.4 Å². The van der Waals surface area contributed by atoms with Crippen LogP contribution >= 0.6 is 23.2 Å². The lowest BCUT2D eigenvalue weighted by atomic mass is 9.98. The van der Waals surface area contributed by atoms with E-state index in [1.807, 2.05) is 30.5 Å². The fourth-order valence-electron chi connectivity index (χ4n) is 4.17. The number of aromatic nitrogens is 3. The van der Waals surface area contributed by atoms with Crippen molar-refractivity contribution in [3.63, 3.8) is 0 Å². The summed E-state index contributed by atoms with van der Waals surface area (Å²) in [5.74, 6) is -0.806. The summed E-state index contributed by atoms with van der Waals surface area (Å²) < 4.78 is 16.4. The van der Waals surface area contributed by atoms with Gasteiger partial charge in [0.05, 0.1) is 21.8 Å². The number of carboxylic acids is 1. The second-order valence-electron chi connectivity index (χ2n) is 8.03. The van der Waals surface area contributed by atoms with Gasteiger partial charge < -0.3 is 15.0 Å². The first kappa shape index (κ1) is 24.0.